The third kappa shape index (κ3) is 2.82. The predicted octanol–water partition coefficient (Wildman–Crippen LogP) is 1.27. The van der Waals surface area contributed by atoms with Gasteiger partial charge in [-0.25, -0.2) is 0 Å². The average molecular weight is 199 g/mol. The van der Waals surface area contributed by atoms with Crippen LogP contribution in [0.3, 0.4) is 0 Å². The standard InChI is InChI=1S/C9H13NO2S/c1-6-3-4-7(13-6)5-8(10-2)9(11)12/h3-4,8,10H,5H2,1-2H3,(H,11,12)/t8-/m0/s1. The second kappa shape index (κ2) is 4.39. The summed E-state index contributed by atoms with van der Waals surface area (Å²) in [6.07, 6.45) is 0.560. The molecule has 13 heavy (non-hydrogen) atoms. The van der Waals surface area contributed by atoms with Gasteiger partial charge in [0, 0.05) is 16.2 Å². The number of rotatable bonds is 4. The second-order valence-electron chi connectivity index (χ2n) is 2.90. The molecule has 72 valence electrons. The van der Waals surface area contributed by atoms with Gasteiger partial charge in [0.2, 0.25) is 0 Å². The highest BCUT2D eigenvalue weighted by molar-refractivity contribution is 7.11. The van der Waals surface area contributed by atoms with E-state index in [0.29, 0.717) is 6.42 Å². The molecule has 1 heterocycles. The number of carboxylic acid groups (broad SMARTS) is 1. The topological polar surface area (TPSA) is 49.3 Å². The van der Waals surface area contributed by atoms with Gasteiger partial charge >= 0.3 is 5.97 Å². The van der Waals surface area contributed by atoms with Crippen LogP contribution in [0.1, 0.15) is 9.75 Å². The van der Waals surface area contributed by atoms with Crippen molar-refractivity contribution in [2.45, 2.75) is 19.4 Å². The Bertz CT molecular complexity index is 296. The molecule has 0 aliphatic heterocycles. The predicted molar refractivity (Wildman–Crippen MR) is 53.2 cm³/mol. The third-order valence-electron chi connectivity index (χ3n) is 1.85. The molecule has 0 fully saturated rings. The molecule has 0 radical (unpaired) electrons. The Morgan fingerprint density at radius 2 is 2.38 bits per heavy atom. The molecule has 0 aromatic carbocycles. The van der Waals surface area contributed by atoms with Crippen molar-refractivity contribution >= 4 is 17.3 Å². The highest BCUT2D eigenvalue weighted by Gasteiger charge is 2.15. The van der Waals surface area contributed by atoms with Gasteiger partial charge in [-0.2, -0.15) is 0 Å². The van der Waals surface area contributed by atoms with E-state index in [0.717, 1.165) is 4.88 Å². The highest BCUT2D eigenvalue weighted by Crippen LogP contribution is 2.16. The van der Waals surface area contributed by atoms with Gasteiger partial charge in [-0.05, 0) is 26.1 Å². The smallest absolute Gasteiger partial charge is 0.321 e. The van der Waals surface area contributed by atoms with Crippen molar-refractivity contribution in [3.05, 3.63) is 21.9 Å². The SMILES string of the molecule is CN[C@@H](Cc1ccc(C)s1)C(=O)O. The first-order chi connectivity index (χ1) is 6.13. The van der Waals surface area contributed by atoms with Crippen molar-refractivity contribution in [2.75, 3.05) is 7.05 Å². The first-order valence-corrected chi connectivity index (χ1v) is 4.90. The molecule has 0 amide bonds. The summed E-state index contributed by atoms with van der Waals surface area (Å²) in [5.74, 6) is -0.798. The summed E-state index contributed by atoms with van der Waals surface area (Å²) in [7, 11) is 1.67. The van der Waals surface area contributed by atoms with Gasteiger partial charge in [-0.3, -0.25) is 4.79 Å². The minimum Gasteiger partial charge on any atom is -0.480 e. The molecule has 1 rings (SSSR count). The zero-order valence-corrected chi connectivity index (χ0v) is 8.52. The summed E-state index contributed by atoms with van der Waals surface area (Å²) in [5, 5.41) is 11.5. The third-order valence-corrected chi connectivity index (χ3v) is 2.87. The largest absolute Gasteiger partial charge is 0.480 e. The summed E-state index contributed by atoms with van der Waals surface area (Å²) in [6, 6.07) is 3.51. The normalized spacial score (nSPS) is 12.8. The summed E-state index contributed by atoms with van der Waals surface area (Å²) >= 11 is 1.65. The summed E-state index contributed by atoms with van der Waals surface area (Å²) < 4.78 is 0. The molecule has 1 aromatic rings. The molecule has 3 nitrogen and oxygen atoms in total. The Kier molecular flexibility index (Phi) is 3.45. The number of aliphatic carboxylic acids is 1. The van der Waals surface area contributed by atoms with Crippen LogP contribution >= 0.6 is 11.3 Å². The van der Waals surface area contributed by atoms with Crippen molar-refractivity contribution in [2.24, 2.45) is 0 Å². The fourth-order valence-corrected chi connectivity index (χ4v) is 2.04. The van der Waals surface area contributed by atoms with E-state index < -0.39 is 12.0 Å². The van der Waals surface area contributed by atoms with Gasteiger partial charge in [0.1, 0.15) is 6.04 Å². The lowest BCUT2D eigenvalue weighted by Gasteiger charge is -2.08. The monoisotopic (exact) mass is 199 g/mol. The molecule has 2 N–H and O–H groups in total. The van der Waals surface area contributed by atoms with Gasteiger partial charge in [0.05, 0.1) is 0 Å². The van der Waals surface area contributed by atoms with Crippen LogP contribution in [0, 0.1) is 6.92 Å². The summed E-state index contributed by atoms with van der Waals surface area (Å²) in [5.41, 5.74) is 0. The van der Waals surface area contributed by atoms with E-state index >= 15 is 0 Å². The number of likely N-dealkylation sites (N-methyl/N-ethyl adjacent to an activating group) is 1. The molecular weight excluding hydrogens is 186 g/mol. The lowest BCUT2D eigenvalue weighted by Crippen LogP contribution is -2.35. The fourth-order valence-electron chi connectivity index (χ4n) is 1.11. The molecular formula is C9H13NO2S. The van der Waals surface area contributed by atoms with Crippen molar-refractivity contribution in [3.63, 3.8) is 0 Å². The number of aryl methyl sites for hydroxylation is 1. The van der Waals surface area contributed by atoms with Crippen molar-refractivity contribution in [1.29, 1.82) is 0 Å². The second-order valence-corrected chi connectivity index (χ2v) is 4.27. The zero-order chi connectivity index (χ0) is 9.84. The van der Waals surface area contributed by atoms with E-state index in [1.807, 2.05) is 19.1 Å². The first kappa shape index (κ1) is 10.2. The van der Waals surface area contributed by atoms with Gasteiger partial charge in [0.15, 0.2) is 0 Å². The number of carboxylic acids is 1. The molecule has 0 spiro atoms. The Hall–Kier alpha value is -0.870. The molecule has 1 aromatic heterocycles. The van der Waals surface area contributed by atoms with Crippen LogP contribution < -0.4 is 5.32 Å². The minimum atomic E-state index is -0.798. The quantitative estimate of drug-likeness (QED) is 0.767. The first-order valence-electron chi connectivity index (χ1n) is 4.09. The van der Waals surface area contributed by atoms with Crippen LogP contribution in [0.5, 0.6) is 0 Å². The van der Waals surface area contributed by atoms with Crippen molar-refractivity contribution in [3.8, 4) is 0 Å². The van der Waals surface area contributed by atoms with E-state index in [2.05, 4.69) is 5.32 Å². The molecule has 0 unspecified atom stereocenters. The number of thiophene rings is 1. The summed E-state index contributed by atoms with van der Waals surface area (Å²) in [4.78, 5) is 13.0. The molecule has 0 aliphatic rings. The van der Waals surface area contributed by atoms with Crippen molar-refractivity contribution in [1.82, 2.24) is 5.32 Å². The van der Waals surface area contributed by atoms with Crippen LogP contribution in [-0.4, -0.2) is 24.2 Å². The van der Waals surface area contributed by atoms with Crippen LogP contribution in [0.4, 0.5) is 0 Å². The molecule has 0 bridgehead atoms. The average Bonchev–Trinajstić information content (AvgIpc) is 2.46. The Labute approximate surface area is 81.4 Å². The maximum Gasteiger partial charge on any atom is 0.321 e. The lowest BCUT2D eigenvalue weighted by molar-refractivity contribution is -0.139. The van der Waals surface area contributed by atoms with Crippen LogP contribution in [0.2, 0.25) is 0 Å². The van der Waals surface area contributed by atoms with E-state index in [9.17, 15) is 4.79 Å². The fraction of sp³-hybridized carbons (Fsp3) is 0.444. The zero-order valence-electron chi connectivity index (χ0n) is 7.70. The maximum absolute atomic E-state index is 10.7. The molecule has 0 aliphatic carbocycles. The van der Waals surface area contributed by atoms with Crippen LogP contribution in [0.15, 0.2) is 12.1 Å². The van der Waals surface area contributed by atoms with Gasteiger partial charge in [0.25, 0.3) is 0 Å². The van der Waals surface area contributed by atoms with E-state index in [1.54, 1.807) is 18.4 Å². The van der Waals surface area contributed by atoms with E-state index in [1.165, 1.54) is 4.88 Å². The van der Waals surface area contributed by atoms with Gasteiger partial charge in [-0.15, -0.1) is 11.3 Å². The number of hydrogen-bond acceptors (Lipinski definition) is 3. The number of carbonyl (C=O) groups is 1. The Morgan fingerprint density at radius 3 is 2.77 bits per heavy atom. The summed E-state index contributed by atoms with van der Waals surface area (Å²) in [6.45, 7) is 2.02. The Balaban J connectivity index is 2.61. The van der Waals surface area contributed by atoms with Crippen molar-refractivity contribution < 1.29 is 9.90 Å². The molecule has 4 heteroatoms. The van der Waals surface area contributed by atoms with E-state index in [-0.39, 0.29) is 0 Å². The highest BCUT2D eigenvalue weighted by atomic mass is 32.1. The van der Waals surface area contributed by atoms with Crippen LogP contribution in [0.25, 0.3) is 0 Å². The minimum absolute atomic E-state index is 0.474. The van der Waals surface area contributed by atoms with Crippen LogP contribution in [-0.2, 0) is 11.2 Å². The lowest BCUT2D eigenvalue weighted by atomic mass is 10.2. The van der Waals surface area contributed by atoms with E-state index in [4.69, 9.17) is 5.11 Å². The maximum atomic E-state index is 10.7. The molecule has 0 saturated carbocycles. The number of nitrogens with one attached hydrogen (secondary N) is 1. The van der Waals surface area contributed by atoms with Gasteiger partial charge in [-0.1, -0.05) is 0 Å². The molecule has 0 saturated heterocycles. The number of hydrogen-bond donors (Lipinski definition) is 2. The Morgan fingerprint density at radius 1 is 1.69 bits per heavy atom. The van der Waals surface area contributed by atoms with Gasteiger partial charge < -0.3 is 10.4 Å². The molecule has 1 atom stereocenters.